The van der Waals surface area contributed by atoms with Crippen LogP contribution in [0.25, 0.3) is 16.7 Å². The fraction of sp³-hybridized carbons (Fsp3) is 0.214. The van der Waals surface area contributed by atoms with E-state index < -0.39 is 10.0 Å². The van der Waals surface area contributed by atoms with E-state index >= 15 is 0 Å². The summed E-state index contributed by atoms with van der Waals surface area (Å²) in [6.07, 6.45) is 1.56. The molecule has 0 radical (unpaired) electrons. The van der Waals surface area contributed by atoms with E-state index in [0.29, 0.717) is 39.1 Å². The quantitative estimate of drug-likeness (QED) is 0.265. The normalized spacial score (nSPS) is 14.6. The van der Waals surface area contributed by atoms with E-state index in [2.05, 4.69) is 25.1 Å². The lowest BCUT2D eigenvalue weighted by atomic mass is 10.2. The van der Waals surface area contributed by atoms with Gasteiger partial charge in [0.05, 0.1) is 22.8 Å². The second kappa shape index (κ2) is 10.7. The van der Waals surface area contributed by atoms with Crippen LogP contribution in [0, 0.1) is 20.8 Å². The molecular weight excluding hydrogens is 576 g/mol. The number of aromatic nitrogens is 6. The summed E-state index contributed by atoms with van der Waals surface area (Å²) in [5.41, 5.74) is 3.16. The number of benzene rings is 2. The number of carbonyl (C=O) groups is 1. The largest absolute Gasteiger partial charge is 0.326 e. The smallest absolute Gasteiger partial charge is 0.265 e. The van der Waals surface area contributed by atoms with Crippen molar-refractivity contribution in [3.8, 4) is 5.69 Å². The predicted molar refractivity (Wildman–Crippen MR) is 160 cm³/mol. The van der Waals surface area contributed by atoms with Crippen molar-refractivity contribution in [3.63, 3.8) is 0 Å². The van der Waals surface area contributed by atoms with Gasteiger partial charge in [0.2, 0.25) is 5.91 Å². The van der Waals surface area contributed by atoms with E-state index in [0.717, 1.165) is 11.3 Å². The maximum absolute atomic E-state index is 13.5. The zero-order valence-electron chi connectivity index (χ0n) is 22.9. The molecule has 1 aliphatic heterocycles. The average Bonchev–Trinajstić information content (AvgIpc) is 3.53. The van der Waals surface area contributed by atoms with Crippen LogP contribution in [-0.2, 0) is 14.8 Å². The van der Waals surface area contributed by atoms with E-state index in [1.54, 1.807) is 29.2 Å². The van der Waals surface area contributed by atoms with E-state index in [4.69, 9.17) is 4.98 Å². The van der Waals surface area contributed by atoms with Crippen molar-refractivity contribution in [3.05, 3.63) is 88.2 Å². The summed E-state index contributed by atoms with van der Waals surface area (Å²) in [4.78, 5) is 39.4. The van der Waals surface area contributed by atoms with Crippen molar-refractivity contribution in [2.45, 2.75) is 43.3 Å². The predicted octanol–water partition coefficient (Wildman–Crippen LogP) is 3.77. The summed E-state index contributed by atoms with van der Waals surface area (Å²) in [6, 6.07) is 14.7. The van der Waals surface area contributed by atoms with Crippen LogP contribution in [0.3, 0.4) is 0 Å². The molecule has 1 aliphatic rings. The van der Waals surface area contributed by atoms with Gasteiger partial charge in [-0.2, -0.15) is 5.10 Å². The number of nitrogens with one attached hydrogen (secondary N) is 2. The SMILES string of the molecule is Cc1cc(NS(=O)(=O)c2ccc(NC(=O)CC3CSc4nc5c(cnn5-c5ccccc5C)c(=O)n43)cc2)nc(C)n1. The van der Waals surface area contributed by atoms with Gasteiger partial charge in [0, 0.05) is 29.6 Å². The highest BCUT2D eigenvalue weighted by Crippen LogP contribution is 2.34. The number of para-hydroxylation sites is 1. The van der Waals surface area contributed by atoms with Gasteiger partial charge in [-0.05, 0) is 56.7 Å². The number of aryl methyl sites for hydroxylation is 3. The van der Waals surface area contributed by atoms with Crippen molar-refractivity contribution in [1.82, 2.24) is 29.3 Å². The number of rotatable bonds is 7. The lowest BCUT2D eigenvalue weighted by Crippen LogP contribution is -2.27. The molecule has 0 saturated heterocycles. The number of nitrogens with zero attached hydrogens (tertiary/aromatic N) is 6. The minimum absolute atomic E-state index is 0.0171. The second-order valence-corrected chi connectivity index (χ2v) is 12.6. The van der Waals surface area contributed by atoms with E-state index in [1.165, 1.54) is 42.2 Å². The minimum Gasteiger partial charge on any atom is -0.326 e. The van der Waals surface area contributed by atoms with Gasteiger partial charge in [0.1, 0.15) is 17.0 Å². The van der Waals surface area contributed by atoms with Crippen LogP contribution < -0.4 is 15.6 Å². The first-order valence-electron chi connectivity index (χ1n) is 13.0. The maximum atomic E-state index is 13.5. The van der Waals surface area contributed by atoms with Gasteiger partial charge >= 0.3 is 0 Å². The number of hydrogen-bond acceptors (Lipinski definition) is 9. The summed E-state index contributed by atoms with van der Waals surface area (Å²) in [5.74, 6) is 0.840. The highest BCUT2D eigenvalue weighted by Gasteiger charge is 2.30. The van der Waals surface area contributed by atoms with Gasteiger partial charge in [0.25, 0.3) is 15.6 Å². The lowest BCUT2D eigenvalue weighted by molar-refractivity contribution is -0.116. The third-order valence-corrected chi connectivity index (χ3v) is 9.26. The highest BCUT2D eigenvalue weighted by atomic mass is 32.2. The lowest BCUT2D eigenvalue weighted by Gasteiger charge is -2.14. The van der Waals surface area contributed by atoms with Crippen LogP contribution in [0.2, 0.25) is 0 Å². The average molecular weight is 603 g/mol. The van der Waals surface area contributed by atoms with Gasteiger partial charge in [-0.25, -0.2) is 28.1 Å². The van der Waals surface area contributed by atoms with Crippen LogP contribution in [-0.4, -0.2) is 49.4 Å². The fourth-order valence-corrected chi connectivity index (χ4v) is 6.99. The number of thioether (sulfide) groups is 1. The summed E-state index contributed by atoms with van der Waals surface area (Å²) in [7, 11) is -3.89. The van der Waals surface area contributed by atoms with E-state index in [9.17, 15) is 18.0 Å². The Labute approximate surface area is 245 Å². The number of amides is 1. The van der Waals surface area contributed by atoms with Crippen molar-refractivity contribution in [2.75, 3.05) is 15.8 Å². The molecule has 0 fully saturated rings. The van der Waals surface area contributed by atoms with Crippen molar-refractivity contribution in [2.24, 2.45) is 0 Å². The molecule has 3 aromatic heterocycles. The molecule has 0 spiro atoms. The molecule has 2 aromatic carbocycles. The molecule has 0 aliphatic carbocycles. The van der Waals surface area contributed by atoms with Crippen LogP contribution >= 0.6 is 11.8 Å². The Hall–Kier alpha value is -4.56. The molecule has 1 atom stereocenters. The fourth-order valence-electron chi connectivity index (χ4n) is 4.87. The topological polar surface area (TPSA) is 154 Å². The number of sulfonamides is 1. The third-order valence-electron chi connectivity index (χ3n) is 6.79. The third kappa shape index (κ3) is 5.25. The molecule has 42 heavy (non-hydrogen) atoms. The Balaban J connectivity index is 1.16. The molecule has 1 unspecified atom stereocenters. The van der Waals surface area contributed by atoms with Gasteiger partial charge in [-0.3, -0.25) is 18.9 Å². The summed E-state index contributed by atoms with van der Waals surface area (Å²) < 4.78 is 31.3. The Morgan fingerprint density at radius 1 is 1.05 bits per heavy atom. The molecule has 0 saturated carbocycles. The molecule has 4 heterocycles. The zero-order valence-corrected chi connectivity index (χ0v) is 24.5. The monoisotopic (exact) mass is 602 g/mol. The highest BCUT2D eigenvalue weighted by molar-refractivity contribution is 7.99. The first-order chi connectivity index (χ1) is 20.1. The molecule has 0 bridgehead atoms. The molecular formula is C28H26N8O4S2. The molecule has 1 amide bonds. The van der Waals surface area contributed by atoms with Crippen molar-refractivity contribution in [1.29, 1.82) is 0 Å². The standard InChI is InChI=1S/C28H26N8O4S2/c1-16-6-4-5-7-23(16)36-26-22(14-29-36)27(38)35-20(15-41-28(35)33-26)13-25(37)32-19-8-10-21(11-9-19)42(39,40)34-24-12-17(2)30-18(3)31-24/h4-12,14,20H,13,15H2,1-3H3,(H,32,37)(H,30,31,34). The molecule has 2 N–H and O–H groups in total. The zero-order chi connectivity index (χ0) is 29.6. The van der Waals surface area contributed by atoms with Gasteiger partial charge in [0.15, 0.2) is 10.8 Å². The first-order valence-corrected chi connectivity index (χ1v) is 15.5. The van der Waals surface area contributed by atoms with E-state index in [-0.39, 0.29) is 34.6 Å². The second-order valence-electron chi connectivity index (χ2n) is 9.94. The Morgan fingerprint density at radius 2 is 1.81 bits per heavy atom. The maximum Gasteiger partial charge on any atom is 0.265 e. The Kier molecular flexibility index (Phi) is 7.02. The summed E-state index contributed by atoms with van der Waals surface area (Å²) in [5, 5.41) is 8.14. The number of carbonyl (C=O) groups excluding carboxylic acids is 1. The van der Waals surface area contributed by atoms with Crippen LogP contribution in [0.4, 0.5) is 11.5 Å². The molecule has 5 aromatic rings. The van der Waals surface area contributed by atoms with Crippen molar-refractivity contribution >= 4 is 50.2 Å². The van der Waals surface area contributed by atoms with Crippen LogP contribution in [0.15, 0.2) is 75.6 Å². The van der Waals surface area contributed by atoms with Gasteiger partial charge < -0.3 is 5.32 Å². The van der Waals surface area contributed by atoms with Crippen LogP contribution in [0.5, 0.6) is 0 Å². The summed E-state index contributed by atoms with van der Waals surface area (Å²) in [6.45, 7) is 5.40. The Morgan fingerprint density at radius 3 is 2.55 bits per heavy atom. The van der Waals surface area contributed by atoms with Gasteiger partial charge in [-0.1, -0.05) is 30.0 Å². The molecule has 12 nitrogen and oxygen atoms in total. The number of hydrogen-bond donors (Lipinski definition) is 2. The molecule has 6 rings (SSSR count). The molecule has 214 valence electrons. The van der Waals surface area contributed by atoms with Crippen LogP contribution in [0.1, 0.15) is 29.5 Å². The summed E-state index contributed by atoms with van der Waals surface area (Å²) >= 11 is 1.42. The Bertz CT molecular complexity index is 2000. The number of fused-ring (bicyclic) bond motifs is 2. The van der Waals surface area contributed by atoms with Crippen molar-refractivity contribution < 1.29 is 13.2 Å². The van der Waals surface area contributed by atoms with E-state index in [1.807, 2.05) is 31.2 Å². The number of anilines is 2. The first kappa shape index (κ1) is 27.6. The minimum atomic E-state index is -3.89. The van der Waals surface area contributed by atoms with Gasteiger partial charge in [-0.15, -0.1) is 0 Å². The molecule has 14 heteroatoms.